The Kier molecular flexibility index (Phi) is 6.69. The normalized spacial score (nSPS) is 10.7. The molecule has 0 fully saturated rings. The number of carbonyl (C=O) groups excluding carboxylic acids is 2. The predicted molar refractivity (Wildman–Crippen MR) is 98.1 cm³/mol. The summed E-state index contributed by atoms with van der Waals surface area (Å²) in [5.74, 6) is -1.05. The zero-order valence-corrected chi connectivity index (χ0v) is 14.7. The molecule has 2 rings (SSSR count). The number of hydrogen-bond acceptors (Lipinski definition) is 5. The molecule has 5 heteroatoms. The molecule has 0 bridgehead atoms. The minimum Gasteiger partial charge on any atom is -0.462 e. The first-order valence-corrected chi connectivity index (χ1v) is 8.26. The van der Waals surface area contributed by atoms with E-state index in [4.69, 9.17) is 14.7 Å². The standard InChI is InChI=1S/C21H19NO4/c1-3-25-20(23)17(14-22)13-15-8-7-9-16(12-15)18-10-5-6-11-19(18)21(24)26-4-2/h5-13H,3-4H2,1-2H3/b17-13+. The van der Waals surface area contributed by atoms with E-state index < -0.39 is 11.9 Å². The number of esters is 2. The van der Waals surface area contributed by atoms with Crippen molar-refractivity contribution in [3.05, 3.63) is 65.2 Å². The molecule has 0 amide bonds. The van der Waals surface area contributed by atoms with Crippen LogP contribution < -0.4 is 0 Å². The Labute approximate surface area is 152 Å². The lowest BCUT2D eigenvalue weighted by molar-refractivity contribution is -0.137. The molecule has 2 aromatic rings. The van der Waals surface area contributed by atoms with Gasteiger partial charge in [-0.1, -0.05) is 36.4 Å². The van der Waals surface area contributed by atoms with E-state index in [-0.39, 0.29) is 12.2 Å². The van der Waals surface area contributed by atoms with Crippen molar-refractivity contribution in [2.24, 2.45) is 0 Å². The molecule has 0 N–H and O–H groups in total. The molecule has 132 valence electrons. The molecule has 0 aliphatic heterocycles. The molecule has 0 heterocycles. The van der Waals surface area contributed by atoms with Crippen LogP contribution in [0, 0.1) is 11.3 Å². The number of hydrogen-bond donors (Lipinski definition) is 0. The van der Waals surface area contributed by atoms with Gasteiger partial charge in [0.1, 0.15) is 11.6 Å². The third-order valence-corrected chi connectivity index (χ3v) is 3.55. The van der Waals surface area contributed by atoms with Crippen molar-refractivity contribution >= 4 is 18.0 Å². The Morgan fingerprint density at radius 2 is 1.77 bits per heavy atom. The third kappa shape index (κ3) is 4.58. The first-order valence-electron chi connectivity index (χ1n) is 8.26. The van der Waals surface area contributed by atoms with Crippen molar-refractivity contribution in [1.29, 1.82) is 5.26 Å². The van der Waals surface area contributed by atoms with E-state index in [9.17, 15) is 9.59 Å². The van der Waals surface area contributed by atoms with E-state index in [2.05, 4.69) is 0 Å². The summed E-state index contributed by atoms with van der Waals surface area (Å²) >= 11 is 0. The van der Waals surface area contributed by atoms with E-state index in [0.717, 1.165) is 11.1 Å². The molecule has 0 aliphatic carbocycles. The maximum absolute atomic E-state index is 12.2. The topological polar surface area (TPSA) is 76.4 Å². The zero-order valence-electron chi connectivity index (χ0n) is 14.7. The van der Waals surface area contributed by atoms with Crippen LogP contribution in [0.5, 0.6) is 0 Å². The molecular weight excluding hydrogens is 330 g/mol. The second-order valence-electron chi connectivity index (χ2n) is 5.28. The van der Waals surface area contributed by atoms with Crippen molar-refractivity contribution < 1.29 is 19.1 Å². The predicted octanol–water partition coefficient (Wildman–Crippen LogP) is 4.00. The van der Waals surface area contributed by atoms with Gasteiger partial charge in [-0.15, -0.1) is 0 Å². The smallest absolute Gasteiger partial charge is 0.348 e. The highest BCUT2D eigenvalue weighted by Gasteiger charge is 2.14. The zero-order chi connectivity index (χ0) is 18.9. The fourth-order valence-corrected chi connectivity index (χ4v) is 2.43. The first kappa shape index (κ1) is 18.9. The van der Waals surface area contributed by atoms with Gasteiger partial charge in [0.05, 0.1) is 18.8 Å². The molecule has 0 spiro atoms. The highest BCUT2D eigenvalue weighted by molar-refractivity contribution is 5.99. The summed E-state index contributed by atoms with van der Waals surface area (Å²) in [5.41, 5.74) is 2.54. The molecular formula is C21H19NO4. The average Bonchev–Trinajstić information content (AvgIpc) is 2.66. The van der Waals surface area contributed by atoms with E-state index in [1.54, 1.807) is 44.2 Å². The Bertz CT molecular complexity index is 878. The molecule has 0 unspecified atom stereocenters. The van der Waals surface area contributed by atoms with Crippen LogP contribution in [0.15, 0.2) is 54.1 Å². The summed E-state index contributed by atoms with van der Waals surface area (Å²) in [6.07, 6.45) is 1.47. The van der Waals surface area contributed by atoms with Crippen LogP contribution >= 0.6 is 0 Å². The number of nitriles is 1. The quantitative estimate of drug-likeness (QED) is 0.447. The van der Waals surface area contributed by atoms with Crippen molar-refractivity contribution in [2.75, 3.05) is 13.2 Å². The van der Waals surface area contributed by atoms with Gasteiger partial charge >= 0.3 is 11.9 Å². The number of benzene rings is 2. The van der Waals surface area contributed by atoms with Crippen LogP contribution in [0.1, 0.15) is 29.8 Å². The fourth-order valence-electron chi connectivity index (χ4n) is 2.43. The van der Waals surface area contributed by atoms with E-state index in [1.807, 2.05) is 24.3 Å². The van der Waals surface area contributed by atoms with Crippen LogP contribution in [-0.2, 0) is 14.3 Å². The molecule has 0 aromatic heterocycles. The number of rotatable bonds is 6. The van der Waals surface area contributed by atoms with Gasteiger partial charge in [-0.3, -0.25) is 0 Å². The van der Waals surface area contributed by atoms with Crippen LogP contribution in [-0.4, -0.2) is 25.2 Å². The lowest BCUT2D eigenvalue weighted by atomic mass is 9.97. The second-order valence-corrected chi connectivity index (χ2v) is 5.28. The summed E-state index contributed by atoms with van der Waals surface area (Å²) < 4.78 is 9.97. The maximum Gasteiger partial charge on any atom is 0.348 e. The van der Waals surface area contributed by atoms with Gasteiger partial charge in [0.25, 0.3) is 0 Å². The summed E-state index contributed by atoms with van der Waals surface area (Å²) in [6.45, 7) is 3.93. The van der Waals surface area contributed by atoms with Crippen LogP contribution in [0.4, 0.5) is 0 Å². The first-order chi connectivity index (χ1) is 12.6. The maximum atomic E-state index is 12.2. The molecule has 0 saturated carbocycles. The lowest BCUT2D eigenvalue weighted by Gasteiger charge is -2.09. The number of nitrogens with zero attached hydrogens (tertiary/aromatic N) is 1. The number of carbonyl (C=O) groups is 2. The summed E-state index contributed by atoms with van der Waals surface area (Å²) in [5, 5.41) is 9.17. The Balaban J connectivity index is 2.44. The Hall–Kier alpha value is -3.39. The molecule has 0 saturated heterocycles. The van der Waals surface area contributed by atoms with Crippen molar-refractivity contribution in [2.45, 2.75) is 13.8 Å². The second kappa shape index (κ2) is 9.19. The van der Waals surface area contributed by atoms with Gasteiger partial charge in [0, 0.05) is 0 Å². The van der Waals surface area contributed by atoms with Gasteiger partial charge < -0.3 is 9.47 Å². The van der Waals surface area contributed by atoms with Gasteiger partial charge in [0.2, 0.25) is 0 Å². The van der Waals surface area contributed by atoms with Gasteiger partial charge in [-0.05, 0) is 48.7 Å². The van der Waals surface area contributed by atoms with Gasteiger partial charge in [0.15, 0.2) is 0 Å². The minimum atomic E-state index is -0.660. The largest absolute Gasteiger partial charge is 0.462 e. The SMILES string of the molecule is CCOC(=O)/C(C#N)=C/c1cccc(-c2ccccc2C(=O)OCC)c1. The summed E-state index contributed by atoms with van der Waals surface area (Å²) in [4.78, 5) is 23.9. The van der Waals surface area contributed by atoms with E-state index in [0.29, 0.717) is 17.7 Å². The fraction of sp³-hybridized carbons (Fsp3) is 0.190. The molecule has 26 heavy (non-hydrogen) atoms. The monoisotopic (exact) mass is 349 g/mol. The molecule has 2 aromatic carbocycles. The molecule has 0 aliphatic rings. The Morgan fingerprint density at radius 3 is 2.46 bits per heavy atom. The highest BCUT2D eigenvalue weighted by atomic mass is 16.5. The molecule has 5 nitrogen and oxygen atoms in total. The highest BCUT2D eigenvalue weighted by Crippen LogP contribution is 2.26. The van der Waals surface area contributed by atoms with Crippen molar-refractivity contribution in [1.82, 2.24) is 0 Å². The van der Waals surface area contributed by atoms with Crippen LogP contribution in [0.25, 0.3) is 17.2 Å². The lowest BCUT2D eigenvalue weighted by Crippen LogP contribution is -2.06. The van der Waals surface area contributed by atoms with E-state index in [1.165, 1.54) is 6.08 Å². The van der Waals surface area contributed by atoms with Gasteiger partial charge in [-0.25, -0.2) is 9.59 Å². The van der Waals surface area contributed by atoms with Crippen LogP contribution in [0.3, 0.4) is 0 Å². The Morgan fingerprint density at radius 1 is 1.04 bits per heavy atom. The van der Waals surface area contributed by atoms with Gasteiger partial charge in [-0.2, -0.15) is 5.26 Å². The molecule has 0 radical (unpaired) electrons. The third-order valence-electron chi connectivity index (χ3n) is 3.55. The summed E-state index contributed by atoms with van der Waals surface area (Å²) in [7, 11) is 0. The molecule has 0 atom stereocenters. The average molecular weight is 349 g/mol. The minimum absolute atomic E-state index is 0.0809. The summed E-state index contributed by atoms with van der Waals surface area (Å²) in [6, 6.07) is 16.2. The number of ether oxygens (including phenoxy) is 2. The van der Waals surface area contributed by atoms with Crippen molar-refractivity contribution in [3.63, 3.8) is 0 Å². The van der Waals surface area contributed by atoms with Crippen molar-refractivity contribution in [3.8, 4) is 17.2 Å². The van der Waals surface area contributed by atoms with E-state index >= 15 is 0 Å². The van der Waals surface area contributed by atoms with Crippen LogP contribution in [0.2, 0.25) is 0 Å².